The molecule has 0 saturated heterocycles. The highest BCUT2D eigenvalue weighted by atomic mass is 28.4. The van der Waals surface area contributed by atoms with Crippen LogP contribution in [0.3, 0.4) is 0 Å². The van der Waals surface area contributed by atoms with Crippen LogP contribution in [0.5, 0.6) is 11.5 Å². The van der Waals surface area contributed by atoms with Crippen LogP contribution in [-0.4, -0.2) is 26.1 Å². The molecule has 136 valence electrons. The molecule has 1 atom stereocenters. The molecule has 1 unspecified atom stereocenters. The summed E-state index contributed by atoms with van der Waals surface area (Å²) in [6, 6.07) is 15.2. The smallest absolute Gasteiger partial charge is 0.192 e. The summed E-state index contributed by atoms with van der Waals surface area (Å²) in [4.78, 5) is 0. The van der Waals surface area contributed by atoms with Gasteiger partial charge in [0.1, 0.15) is 18.1 Å². The Morgan fingerprint density at radius 1 is 0.920 bits per heavy atom. The van der Waals surface area contributed by atoms with Crippen molar-refractivity contribution in [2.45, 2.75) is 51.9 Å². The normalized spacial score (nSPS) is 13.5. The van der Waals surface area contributed by atoms with E-state index in [2.05, 4.69) is 40.8 Å². The standard InChI is InChI=1S/C21H30O3Si/c1-16(24-25(5,6)21(2,3)4)15-23-20-13-9-18(10-14-20)17-7-11-19(22)12-8-17/h7-14,16,22H,15H2,1-6H3. The van der Waals surface area contributed by atoms with E-state index in [0.29, 0.717) is 6.61 Å². The second-order valence-corrected chi connectivity index (χ2v) is 12.8. The summed E-state index contributed by atoms with van der Waals surface area (Å²) in [6.07, 6.45) is 0.0673. The zero-order chi connectivity index (χ0) is 18.7. The maximum atomic E-state index is 9.37. The first-order chi connectivity index (χ1) is 11.6. The van der Waals surface area contributed by atoms with Crippen molar-refractivity contribution in [1.82, 2.24) is 0 Å². The molecule has 0 bridgehead atoms. The van der Waals surface area contributed by atoms with E-state index in [-0.39, 0.29) is 16.9 Å². The van der Waals surface area contributed by atoms with E-state index in [4.69, 9.17) is 9.16 Å². The molecular formula is C21H30O3Si. The van der Waals surface area contributed by atoms with Crippen LogP contribution in [-0.2, 0) is 4.43 Å². The maximum absolute atomic E-state index is 9.37. The van der Waals surface area contributed by atoms with Crippen molar-refractivity contribution >= 4 is 8.32 Å². The third-order valence-electron chi connectivity index (χ3n) is 4.84. The van der Waals surface area contributed by atoms with E-state index >= 15 is 0 Å². The lowest BCUT2D eigenvalue weighted by atomic mass is 10.1. The number of phenolic OH excluding ortho intramolecular Hbond substituents is 1. The first-order valence-corrected chi connectivity index (χ1v) is 11.7. The second-order valence-electron chi connectivity index (χ2n) is 8.07. The summed E-state index contributed by atoms with van der Waals surface area (Å²) in [5.41, 5.74) is 2.16. The number of aromatic hydroxyl groups is 1. The summed E-state index contributed by atoms with van der Waals surface area (Å²) < 4.78 is 12.2. The van der Waals surface area contributed by atoms with Crippen LogP contribution in [0.15, 0.2) is 48.5 Å². The Balaban J connectivity index is 1.92. The molecule has 0 saturated carbocycles. The molecule has 0 amide bonds. The number of hydrogen-bond donors (Lipinski definition) is 1. The van der Waals surface area contributed by atoms with E-state index in [1.54, 1.807) is 12.1 Å². The van der Waals surface area contributed by atoms with Gasteiger partial charge in [0.15, 0.2) is 8.32 Å². The minimum absolute atomic E-state index is 0.0673. The fourth-order valence-electron chi connectivity index (χ4n) is 2.32. The van der Waals surface area contributed by atoms with Crippen LogP contribution in [0.25, 0.3) is 11.1 Å². The summed E-state index contributed by atoms with van der Waals surface area (Å²) in [7, 11) is -1.76. The number of hydrogen-bond acceptors (Lipinski definition) is 3. The van der Waals surface area contributed by atoms with Crippen molar-refractivity contribution in [3.05, 3.63) is 48.5 Å². The van der Waals surface area contributed by atoms with Crippen LogP contribution in [0, 0.1) is 0 Å². The zero-order valence-corrected chi connectivity index (χ0v) is 17.2. The fraction of sp³-hybridized carbons (Fsp3) is 0.429. The first kappa shape index (κ1) is 19.5. The molecule has 0 aliphatic rings. The van der Waals surface area contributed by atoms with Gasteiger partial charge in [0.2, 0.25) is 0 Å². The Morgan fingerprint density at radius 2 is 1.40 bits per heavy atom. The van der Waals surface area contributed by atoms with Crippen molar-refractivity contribution in [3.8, 4) is 22.6 Å². The van der Waals surface area contributed by atoms with Crippen LogP contribution in [0.1, 0.15) is 27.7 Å². The SMILES string of the molecule is CC(COc1ccc(-c2ccc(O)cc2)cc1)O[Si](C)(C)C(C)(C)C. The van der Waals surface area contributed by atoms with Crippen molar-refractivity contribution < 1.29 is 14.3 Å². The lowest BCUT2D eigenvalue weighted by Crippen LogP contribution is -2.44. The van der Waals surface area contributed by atoms with Gasteiger partial charge >= 0.3 is 0 Å². The Hall–Kier alpha value is -1.78. The molecule has 0 aliphatic heterocycles. The maximum Gasteiger partial charge on any atom is 0.192 e. The minimum atomic E-state index is -1.76. The third kappa shape index (κ3) is 5.35. The van der Waals surface area contributed by atoms with Crippen LogP contribution < -0.4 is 4.74 Å². The third-order valence-corrected chi connectivity index (χ3v) is 9.45. The average Bonchev–Trinajstić information content (AvgIpc) is 2.53. The molecule has 0 spiro atoms. The lowest BCUT2D eigenvalue weighted by molar-refractivity contribution is 0.129. The van der Waals surface area contributed by atoms with E-state index in [0.717, 1.165) is 16.9 Å². The van der Waals surface area contributed by atoms with Crippen molar-refractivity contribution in [2.24, 2.45) is 0 Å². The molecule has 25 heavy (non-hydrogen) atoms. The van der Waals surface area contributed by atoms with E-state index in [9.17, 15) is 5.11 Å². The number of benzene rings is 2. The van der Waals surface area contributed by atoms with Gasteiger partial charge in [-0.25, -0.2) is 0 Å². The Bertz CT molecular complexity index is 670. The van der Waals surface area contributed by atoms with Crippen molar-refractivity contribution in [1.29, 1.82) is 0 Å². The highest BCUT2D eigenvalue weighted by molar-refractivity contribution is 6.74. The van der Waals surface area contributed by atoms with Crippen LogP contribution in [0.2, 0.25) is 18.1 Å². The van der Waals surface area contributed by atoms with Gasteiger partial charge in [-0.15, -0.1) is 0 Å². The topological polar surface area (TPSA) is 38.7 Å². The van der Waals surface area contributed by atoms with Gasteiger partial charge in [0.25, 0.3) is 0 Å². The average molecular weight is 359 g/mol. The molecule has 3 nitrogen and oxygen atoms in total. The predicted molar refractivity (Wildman–Crippen MR) is 107 cm³/mol. The summed E-state index contributed by atoms with van der Waals surface area (Å²) >= 11 is 0. The highest BCUT2D eigenvalue weighted by Crippen LogP contribution is 2.37. The highest BCUT2D eigenvalue weighted by Gasteiger charge is 2.38. The summed E-state index contributed by atoms with van der Waals surface area (Å²) in [5.74, 6) is 1.12. The number of ether oxygens (including phenoxy) is 1. The molecule has 1 N–H and O–H groups in total. The minimum Gasteiger partial charge on any atom is -0.508 e. The quantitative estimate of drug-likeness (QED) is 0.658. The van der Waals surface area contributed by atoms with Gasteiger partial charge in [-0.05, 0) is 60.4 Å². The molecule has 0 heterocycles. The molecule has 0 radical (unpaired) electrons. The van der Waals surface area contributed by atoms with Gasteiger partial charge < -0.3 is 14.3 Å². The van der Waals surface area contributed by atoms with E-state index in [1.807, 2.05) is 36.4 Å². The molecule has 2 aromatic carbocycles. The van der Waals surface area contributed by atoms with Gasteiger partial charge in [-0.3, -0.25) is 0 Å². The van der Waals surface area contributed by atoms with Crippen molar-refractivity contribution in [3.63, 3.8) is 0 Å². The second kappa shape index (κ2) is 7.62. The Morgan fingerprint density at radius 3 is 1.88 bits per heavy atom. The number of rotatable bonds is 6. The van der Waals surface area contributed by atoms with Gasteiger partial charge in [0, 0.05) is 0 Å². The van der Waals surface area contributed by atoms with Crippen molar-refractivity contribution in [2.75, 3.05) is 6.61 Å². The molecule has 4 heteroatoms. The van der Waals surface area contributed by atoms with E-state index in [1.165, 1.54) is 0 Å². The largest absolute Gasteiger partial charge is 0.508 e. The number of phenols is 1. The van der Waals surface area contributed by atoms with Gasteiger partial charge in [-0.2, -0.15) is 0 Å². The molecule has 2 rings (SSSR count). The van der Waals surface area contributed by atoms with Gasteiger partial charge in [0.05, 0.1) is 6.10 Å². The van der Waals surface area contributed by atoms with Crippen LogP contribution >= 0.6 is 0 Å². The lowest BCUT2D eigenvalue weighted by Gasteiger charge is -2.38. The Labute approximate surface area is 152 Å². The first-order valence-electron chi connectivity index (χ1n) is 8.78. The summed E-state index contributed by atoms with van der Waals surface area (Å²) in [5, 5.41) is 9.57. The molecular weight excluding hydrogens is 328 g/mol. The molecule has 0 aliphatic carbocycles. The molecule has 0 aromatic heterocycles. The predicted octanol–water partition coefficient (Wildman–Crippen LogP) is 5.85. The van der Waals surface area contributed by atoms with E-state index < -0.39 is 8.32 Å². The van der Waals surface area contributed by atoms with Gasteiger partial charge in [-0.1, -0.05) is 45.0 Å². The fourth-order valence-corrected chi connectivity index (χ4v) is 3.75. The van der Waals surface area contributed by atoms with Crippen LogP contribution in [0.4, 0.5) is 0 Å². The summed E-state index contributed by atoms with van der Waals surface area (Å²) in [6.45, 7) is 13.9. The molecule has 0 fully saturated rings. The zero-order valence-electron chi connectivity index (χ0n) is 16.2. The Kier molecular flexibility index (Phi) is 5.96. The monoisotopic (exact) mass is 358 g/mol. The molecule has 2 aromatic rings.